The summed E-state index contributed by atoms with van der Waals surface area (Å²) in [7, 11) is 1.79. The van der Waals surface area contributed by atoms with E-state index in [0.717, 1.165) is 17.0 Å². The number of rotatable bonds is 3. The zero-order valence-electron chi connectivity index (χ0n) is 10.4. The smallest absolute Gasteiger partial charge is 0.235 e. The molecule has 0 N–H and O–H groups in total. The van der Waals surface area contributed by atoms with Crippen molar-refractivity contribution in [1.29, 1.82) is 0 Å². The van der Waals surface area contributed by atoms with Gasteiger partial charge < -0.3 is 9.64 Å². The molecule has 0 saturated carbocycles. The van der Waals surface area contributed by atoms with E-state index in [-0.39, 0.29) is 11.8 Å². The van der Waals surface area contributed by atoms with E-state index in [2.05, 4.69) is 0 Å². The van der Waals surface area contributed by atoms with Gasteiger partial charge in [-0.15, -0.1) is 0 Å². The molecular formula is C14H17NO2. The highest BCUT2D eigenvalue weighted by molar-refractivity contribution is 5.94. The number of benzene rings is 1. The fraction of sp³-hybridized carbons (Fsp3) is 0.357. The SMILES string of the molecule is CCOC(=C1C(C)C(=O)N1C)c1ccccc1. The standard InChI is InChI=1S/C14H17NO2/c1-4-17-13(11-8-6-5-7-9-11)12-10(2)14(16)15(12)3/h5-10H,4H2,1-3H3. The van der Waals surface area contributed by atoms with Crippen LogP contribution in [0.3, 0.4) is 0 Å². The van der Waals surface area contributed by atoms with Gasteiger partial charge in [0.2, 0.25) is 5.91 Å². The molecule has 1 aliphatic heterocycles. The van der Waals surface area contributed by atoms with Crippen LogP contribution >= 0.6 is 0 Å². The lowest BCUT2D eigenvalue weighted by atomic mass is 9.93. The Morgan fingerprint density at radius 1 is 1.35 bits per heavy atom. The van der Waals surface area contributed by atoms with Crippen LogP contribution in [-0.4, -0.2) is 24.5 Å². The molecule has 1 unspecified atom stereocenters. The van der Waals surface area contributed by atoms with Crippen LogP contribution < -0.4 is 0 Å². The number of carbonyl (C=O) groups excluding carboxylic acids is 1. The van der Waals surface area contributed by atoms with Crippen LogP contribution in [0.2, 0.25) is 0 Å². The van der Waals surface area contributed by atoms with Crippen molar-refractivity contribution in [2.75, 3.05) is 13.7 Å². The van der Waals surface area contributed by atoms with Gasteiger partial charge in [-0.2, -0.15) is 0 Å². The van der Waals surface area contributed by atoms with Crippen LogP contribution in [0.25, 0.3) is 5.76 Å². The summed E-state index contributed by atoms with van der Waals surface area (Å²) >= 11 is 0. The second-order valence-corrected chi connectivity index (χ2v) is 4.13. The molecule has 3 nitrogen and oxygen atoms in total. The van der Waals surface area contributed by atoms with Crippen molar-refractivity contribution in [1.82, 2.24) is 4.90 Å². The third kappa shape index (κ3) is 1.93. The van der Waals surface area contributed by atoms with Gasteiger partial charge in [0.15, 0.2) is 0 Å². The summed E-state index contributed by atoms with van der Waals surface area (Å²) in [6, 6.07) is 9.92. The highest BCUT2D eigenvalue weighted by atomic mass is 16.5. The van der Waals surface area contributed by atoms with Crippen molar-refractivity contribution >= 4 is 11.7 Å². The van der Waals surface area contributed by atoms with Gasteiger partial charge in [0.1, 0.15) is 5.76 Å². The minimum Gasteiger partial charge on any atom is -0.491 e. The predicted molar refractivity (Wildman–Crippen MR) is 66.9 cm³/mol. The Kier molecular flexibility index (Phi) is 3.18. The molecule has 1 aromatic carbocycles. The van der Waals surface area contributed by atoms with Crippen molar-refractivity contribution in [3.63, 3.8) is 0 Å². The van der Waals surface area contributed by atoms with E-state index in [9.17, 15) is 4.79 Å². The maximum atomic E-state index is 11.5. The molecule has 0 radical (unpaired) electrons. The minimum atomic E-state index is -0.0678. The van der Waals surface area contributed by atoms with E-state index in [4.69, 9.17) is 4.74 Å². The number of ether oxygens (including phenoxy) is 1. The average molecular weight is 231 g/mol. The topological polar surface area (TPSA) is 29.5 Å². The normalized spacial score (nSPS) is 22.2. The number of hydrogen-bond acceptors (Lipinski definition) is 2. The van der Waals surface area contributed by atoms with E-state index in [0.29, 0.717) is 6.61 Å². The molecule has 3 heteroatoms. The van der Waals surface area contributed by atoms with Gasteiger partial charge in [-0.1, -0.05) is 30.3 Å². The van der Waals surface area contributed by atoms with Crippen LogP contribution in [-0.2, 0) is 9.53 Å². The van der Waals surface area contributed by atoms with E-state index < -0.39 is 0 Å². The minimum absolute atomic E-state index is 0.0678. The lowest BCUT2D eigenvalue weighted by molar-refractivity contribution is -0.138. The van der Waals surface area contributed by atoms with Gasteiger partial charge in [-0.3, -0.25) is 4.79 Å². The first kappa shape index (κ1) is 11.7. The first-order valence-electron chi connectivity index (χ1n) is 5.86. The largest absolute Gasteiger partial charge is 0.491 e. The van der Waals surface area contributed by atoms with Crippen molar-refractivity contribution in [2.45, 2.75) is 13.8 Å². The Hall–Kier alpha value is -1.77. The average Bonchev–Trinajstić information content (AvgIpc) is 2.38. The summed E-state index contributed by atoms with van der Waals surface area (Å²) in [6.07, 6.45) is 0. The molecular weight excluding hydrogens is 214 g/mol. The Bertz CT molecular complexity index is 437. The highest BCUT2D eigenvalue weighted by Gasteiger charge is 2.39. The molecule has 2 rings (SSSR count). The summed E-state index contributed by atoms with van der Waals surface area (Å²) in [6.45, 7) is 4.47. The summed E-state index contributed by atoms with van der Waals surface area (Å²) in [5.74, 6) is 0.901. The Morgan fingerprint density at radius 2 is 2.00 bits per heavy atom. The molecule has 0 aliphatic carbocycles. The molecule has 0 aromatic heterocycles. The monoisotopic (exact) mass is 231 g/mol. The van der Waals surface area contributed by atoms with Crippen LogP contribution in [0, 0.1) is 5.92 Å². The summed E-state index contributed by atoms with van der Waals surface area (Å²) < 4.78 is 5.71. The lowest BCUT2D eigenvalue weighted by Gasteiger charge is -2.38. The van der Waals surface area contributed by atoms with E-state index >= 15 is 0 Å². The number of amides is 1. The van der Waals surface area contributed by atoms with Crippen molar-refractivity contribution < 1.29 is 9.53 Å². The third-order valence-electron chi connectivity index (χ3n) is 3.03. The van der Waals surface area contributed by atoms with Gasteiger partial charge in [-0.25, -0.2) is 0 Å². The molecule has 0 spiro atoms. The fourth-order valence-electron chi connectivity index (χ4n) is 2.14. The van der Waals surface area contributed by atoms with Gasteiger partial charge in [0.05, 0.1) is 18.2 Å². The number of likely N-dealkylation sites (tertiary alicyclic amines) is 1. The molecule has 1 aliphatic rings. The zero-order valence-corrected chi connectivity index (χ0v) is 10.4. The molecule has 1 amide bonds. The number of nitrogens with zero attached hydrogens (tertiary/aromatic N) is 1. The second kappa shape index (κ2) is 4.62. The summed E-state index contributed by atoms with van der Waals surface area (Å²) in [5, 5.41) is 0. The van der Waals surface area contributed by atoms with Crippen molar-refractivity contribution in [3.05, 3.63) is 41.6 Å². The van der Waals surface area contributed by atoms with Gasteiger partial charge >= 0.3 is 0 Å². The fourth-order valence-corrected chi connectivity index (χ4v) is 2.14. The molecule has 1 saturated heterocycles. The maximum absolute atomic E-state index is 11.5. The highest BCUT2D eigenvalue weighted by Crippen LogP contribution is 2.35. The van der Waals surface area contributed by atoms with Crippen molar-refractivity contribution in [2.24, 2.45) is 5.92 Å². The summed E-state index contributed by atoms with van der Waals surface area (Å²) in [4.78, 5) is 13.2. The zero-order chi connectivity index (χ0) is 12.4. The second-order valence-electron chi connectivity index (χ2n) is 4.13. The van der Waals surface area contributed by atoms with Crippen LogP contribution in [0.4, 0.5) is 0 Å². The molecule has 17 heavy (non-hydrogen) atoms. The lowest BCUT2D eigenvalue weighted by Crippen LogP contribution is -2.46. The van der Waals surface area contributed by atoms with Crippen LogP contribution in [0.5, 0.6) is 0 Å². The first-order chi connectivity index (χ1) is 8.16. The first-order valence-corrected chi connectivity index (χ1v) is 5.86. The Labute approximate surface area is 102 Å². The Morgan fingerprint density at radius 3 is 2.53 bits per heavy atom. The van der Waals surface area contributed by atoms with Gasteiger partial charge in [0.25, 0.3) is 0 Å². The van der Waals surface area contributed by atoms with Gasteiger partial charge in [-0.05, 0) is 13.8 Å². The van der Waals surface area contributed by atoms with E-state index in [1.807, 2.05) is 44.2 Å². The van der Waals surface area contributed by atoms with Crippen LogP contribution in [0.1, 0.15) is 19.4 Å². The molecule has 1 aromatic rings. The number of hydrogen-bond donors (Lipinski definition) is 0. The van der Waals surface area contributed by atoms with Gasteiger partial charge in [0, 0.05) is 12.6 Å². The molecule has 1 heterocycles. The summed E-state index contributed by atoms with van der Waals surface area (Å²) in [5.41, 5.74) is 2.00. The number of β-lactam (4-membered cyclic amide) rings is 1. The van der Waals surface area contributed by atoms with Crippen molar-refractivity contribution in [3.8, 4) is 0 Å². The predicted octanol–water partition coefficient (Wildman–Crippen LogP) is 2.50. The quantitative estimate of drug-likeness (QED) is 0.591. The Balaban J connectivity index is 2.43. The van der Waals surface area contributed by atoms with Crippen LogP contribution in [0.15, 0.2) is 36.0 Å². The molecule has 0 bridgehead atoms. The molecule has 1 atom stereocenters. The maximum Gasteiger partial charge on any atom is 0.235 e. The number of carbonyl (C=O) groups is 1. The third-order valence-corrected chi connectivity index (χ3v) is 3.03. The van der Waals surface area contributed by atoms with E-state index in [1.165, 1.54) is 0 Å². The molecule has 1 fully saturated rings. The molecule has 90 valence electrons. The van der Waals surface area contributed by atoms with E-state index in [1.54, 1.807) is 11.9 Å².